The van der Waals surface area contributed by atoms with Crippen molar-refractivity contribution >= 4 is 6.08 Å². The van der Waals surface area contributed by atoms with Crippen LogP contribution in [0.3, 0.4) is 0 Å². The highest BCUT2D eigenvalue weighted by Gasteiger charge is 1.97. The molecule has 0 radical (unpaired) electrons. The molecule has 0 aliphatic carbocycles. The van der Waals surface area contributed by atoms with E-state index in [9.17, 15) is 0 Å². The molecule has 0 saturated heterocycles. The normalized spacial score (nSPS) is 10.7. The van der Waals surface area contributed by atoms with E-state index in [1.807, 2.05) is 48.6 Å². The molecule has 2 rings (SSSR count). The Morgan fingerprint density at radius 2 is 1.94 bits per heavy atom. The Labute approximate surface area is 106 Å². The van der Waals surface area contributed by atoms with Gasteiger partial charge in [-0.2, -0.15) is 0 Å². The zero-order valence-corrected chi connectivity index (χ0v) is 9.99. The van der Waals surface area contributed by atoms with Gasteiger partial charge in [0.15, 0.2) is 0 Å². The van der Waals surface area contributed by atoms with Gasteiger partial charge in [-0.3, -0.25) is 4.98 Å². The van der Waals surface area contributed by atoms with Crippen LogP contribution in [0.5, 0.6) is 11.5 Å². The molecule has 0 saturated carbocycles. The summed E-state index contributed by atoms with van der Waals surface area (Å²) in [6.45, 7) is 0.157. The first-order chi connectivity index (χ1) is 8.88. The van der Waals surface area contributed by atoms with Gasteiger partial charge in [0.2, 0.25) is 0 Å². The number of ether oxygens (including phenoxy) is 1. The summed E-state index contributed by atoms with van der Waals surface area (Å²) in [4.78, 5) is 4.12. The molecule has 0 aliphatic heterocycles. The molecular weight excluding hydrogens is 226 g/mol. The van der Waals surface area contributed by atoms with Gasteiger partial charge in [0.05, 0.1) is 6.20 Å². The van der Waals surface area contributed by atoms with Crippen molar-refractivity contribution in [2.45, 2.75) is 6.42 Å². The summed E-state index contributed by atoms with van der Waals surface area (Å²) >= 11 is 0. The molecule has 0 atom stereocenters. The molecule has 0 fully saturated rings. The number of aliphatic hydroxyl groups is 1. The van der Waals surface area contributed by atoms with E-state index < -0.39 is 0 Å². The van der Waals surface area contributed by atoms with Gasteiger partial charge in [-0.15, -0.1) is 0 Å². The Bertz CT molecular complexity index is 509. The minimum atomic E-state index is 0.157. The van der Waals surface area contributed by atoms with Crippen molar-refractivity contribution in [3.63, 3.8) is 0 Å². The van der Waals surface area contributed by atoms with Crippen LogP contribution in [0.25, 0.3) is 6.08 Å². The van der Waals surface area contributed by atoms with Crippen LogP contribution in [0.1, 0.15) is 12.0 Å². The molecule has 3 heteroatoms. The number of rotatable bonds is 5. The number of hydrogen-bond donors (Lipinski definition) is 1. The van der Waals surface area contributed by atoms with Crippen LogP contribution in [-0.4, -0.2) is 16.7 Å². The average Bonchev–Trinajstić information content (AvgIpc) is 2.41. The van der Waals surface area contributed by atoms with Crippen LogP contribution in [-0.2, 0) is 0 Å². The highest BCUT2D eigenvalue weighted by atomic mass is 16.5. The molecule has 1 aromatic carbocycles. The van der Waals surface area contributed by atoms with Gasteiger partial charge < -0.3 is 9.84 Å². The van der Waals surface area contributed by atoms with E-state index in [0.29, 0.717) is 12.2 Å². The standard InChI is InChI=1S/C15H15NO2/c17-9-5-4-6-13-10-15(12-16-11-13)18-14-7-2-1-3-8-14/h1-4,6-8,10-12,17H,5,9H2. The maximum Gasteiger partial charge on any atom is 0.146 e. The maximum atomic E-state index is 8.70. The molecule has 0 spiro atoms. The Balaban J connectivity index is 2.08. The zero-order chi connectivity index (χ0) is 12.6. The van der Waals surface area contributed by atoms with E-state index >= 15 is 0 Å². The van der Waals surface area contributed by atoms with Crippen molar-refractivity contribution in [2.75, 3.05) is 6.61 Å². The van der Waals surface area contributed by atoms with E-state index in [0.717, 1.165) is 11.3 Å². The monoisotopic (exact) mass is 241 g/mol. The number of benzene rings is 1. The lowest BCUT2D eigenvalue weighted by Gasteiger charge is -2.05. The van der Waals surface area contributed by atoms with E-state index in [1.165, 1.54) is 0 Å². The number of aromatic nitrogens is 1. The van der Waals surface area contributed by atoms with Crippen LogP contribution in [0.2, 0.25) is 0 Å². The van der Waals surface area contributed by atoms with Crippen molar-refractivity contribution in [1.82, 2.24) is 4.98 Å². The van der Waals surface area contributed by atoms with Crippen molar-refractivity contribution < 1.29 is 9.84 Å². The summed E-state index contributed by atoms with van der Waals surface area (Å²) < 4.78 is 5.68. The number of hydrogen-bond acceptors (Lipinski definition) is 3. The Morgan fingerprint density at radius 3 is 2.72 bits per heavy atom. The summed E-state index contributed by atoms with van der Waals surface area (Å²) in [7, 11) is 0. The highest BCUT2D eigenvalue weighted by Crippen LogP contribution is 2.21. The Kier molecular flexibility index (Phi) is 4.50. The maximum absolute atomic E-state index is 8.70. The third-order valence-electron chi connectivity index (χ3n) is 2.32. The van der Waals surface area contributed by atoms with Crippen molar-refractivity contribution in [2.24, 2.45) is 0 Å². The molecule has 18 heavy (non-hydrogen) atoms. The third-order valence-corrected chi connectivity index (χ3v) is 2.32. The smallest absolute Gasteiger partial charge is 0.146 e. The van der Waals surface area contributed by atoms with Crippen molar-refractivity contribution in [3.05, 3.63) is 60.4 Å². The van der Waals surface area contributed by atoms with E-state index in [-0.39, 0.29) is 6.61 Å². The second-order valence-electron chi connectivity index (χ2n) is 3.78. The lowest BCUT2D eigenvalue weighted by Crippen LogP contribution is -1.86. The quantitative estimate of drug-likeness (QED) is 0.873. The summed E-state index contributed by atoms with van der Waals surface area (Å²) in [6.07, 6.45) is 7.90. The van der Waals surface area contributed by atoms with Crippen LogP contribution >= 0.6 is 0 Å². The average molecular weight is 241 g/mol. The molecule has 1 aromatic heterocycles. The Morgan fingerprint density at radius 1 is 1.11 bits per heavy atom. The van der Waals surface area contributed by atoms with Crippen molar-refractivity contribution in [1.29, 1.82) is 0 Å². The van der Waals surface area contributed by atoms with Gasteiger partial charge in [0, 0.05) is 12.8 Å². The van der Waals surface area contributed by atoms with Gasteiger partial charge in [-0.05, 0) is 30.2 Å². The second kappa shape index (κ2) is 6.57. The highest BCUT2D eigenvalue weighted by molar-refractivity contribution is 5.50. The van der Waals surface area contributed by atoms with Crippen LogP contribution in [0.4, 0.5) is 0 Å². The molecular formula is C15H15NO2. The SMILES string of the molecule is OCCC=Cc1cncc(Oc2ccccc2)c1. The molecule has 0 amide bonds. The first-order valence-electron chi connectivity index (χ1n) is 5.84. The molecule has 0 aliphatic rings. The molecule has 3 nitrogen and oxygen atoms in total. The summed E-state index contributed by atoms with van der Waals surface area (Å²) in [5, 5.41) is 8.70. The lowest BCUT2D eigenvalue weighted by molar-refractivity contribution is 0.303. The summed E-state index contributed by atoms with van der Waals surface area (Å²) in [5.41, 5.74) is 0.955. The van der Waals surface area contributed by atoms with E-state index in [1.54, 1.807) is 12.4 Å². The minimum absolute atomic E-state index is 0.157. The van der Waals surface area contributed by atoms with Gasteiger partial charge in [0.1, 0.15) is 11.5 Å². The molecule has 0 unspecified atom stereocenters. The second-order valence-corrected chi connectivity index (χ2v) is 3.78. The first-order valence-corrected chi connectivity index (χ1v) is 5.84. The van der Waals surface area contributed by atoms with Crippen LogP contribution in [0.15, 0.2) is 54.9 Å². The van der Waals surface area contributed by atoms with Crippen molar-refractivity contribution in [3.8, 4) is 11.5 Å². The fraction of sp³-hybridized carbons (Fsp3) is 0.133. The van der Waals surface area contributed by atoms with Gasteiger partial charge in [-0.25, -0.2) is 0 Å². The first kappa shape index (κ1) is 12.3. The minimum Gasteiger partial charge on any atom is -0.456 e. The number of nitrogens with zero attached hydrogens (tertiary/aromatic N) is 1. The molecule has 1 N–H and O–H groups in total. The fourth-order valence-corrected chi connectivity index (χ4v) is 1.50. The molecule has 2 aromatic rings. The number of para-hydroxylation sites is 1. The van der Waals surface area contributed by atoms with Crippen LogP contribution in [0, 0.1) is 0 Å². The predicted octanol–water partition coefficient (Wildman–Crippen LogP) is 3.27. The van der Waals surface area contributed by atoms with E-state index in [4.69, 9.17) is 9.84 Å². The molecule has 0 bridgehead atoms. The lowest BCUT2D eigenvalue weighted by atomic mass is 10.2. The summed E-state index contributed by atoms with van der Waals surface area (Å²) in [6, 6.07) is 11.5. The topological polar surface area (TPSA) is 42.4 Å². The summed E-state index contributed by atoms with van der Waals surface area (Å²) in [5.74, 6) is 1.49. The van der Waals surface area contributed by atoms with E-state index in [2.05, 4.69) is 4.98 Å². The Hall–Kier alpha value is -2.13. The number of aliphatic hydroxyl groups excluding tert-OH is 1. The van der Waals surface area contributed by atoms with Gasteiger partial charge in [0.25, 0.3) is 0 Å². The van der Waals surface area contributed by atoms with Crippen LogP contribution < -0.4 is 4.74 Å². The zero-order valence-electron chi connectivity index (χ0n) is 9.99. The van der Waals surface area contributed by atoms with Gasteiger partial charge in [-0.1, -0.05) is 30.4 Å². The fourth-order valence-electron chi connectivity index (χ4n) is 1.50. The molecule has 92 valence electrons. The largest absolute Gasteiger partial charge is 0.456 e. The molecule has 1 heterocycles. The van der Waals surface area contributed by atoms with Gasteiger partial charge >= 0.3 is 0 Å². The third kappa shape index (κ3) is 3.71. The number of pyridine rings is 1. The predicted molar refractivity (Wildman–Crippen MR) is 71.5 cm³/mol.